The van der Waals surface area contributed by atoms with Crippen LogP contribution in [0.15, 0.2) is 59.1 Å². The number of hydrogen-bond acceptors (Lipinski definition) is 8. The maximum Gasteiger partial charge on any atom is 0.252 e. The first kappa shape index (κ1) is 26.1. The molecule has 5 rings (SSSR count). The highest BCUT2D eigenvalue weighted by molar-refractivity contribution is 7.91. The number of sulfonamides is 1. The molecular formula is C25H25ClN4O4S3. The quantitative estimate of drug-likeness (QED) is 0.277. The molecule has 194 valence electrons. The first-order valence-corrected chi connectivity index (χ1v) is 15.3. The average Bonchev–Trinajstić information content (AvgIpc) is 3.54. The Balaban J connectivity index is 1.45. The van der Waals surface area contributed by atoms with Crippen molar-refractivity contribution in [1.29, 1.82) is 0 Å². The maximum absolute atomic E-state index is 14.0. The number of thiazole rings is 1. The summed E-state index contributed by atoms with van der Waals surface area (Å²) in [5.74, 6) is 0.0934. The van der Waals surface area contributed by atoms with Gasteiger partial charge in [-0.3, -0.25) is 14.7 Å². The van der Waals surface area contributed by atoms with Gasteiger partial charge in [0.15, 0.2) is 5.13 Å². The van der Waals surface area contributed by atoms with E-state index in [1.54, 1.807) is 23.4 Å². The van der Waals surface area contributed by atoms with Gasteiger partial charge in [-0.15, -0.1) is 11.3 Å². The Bertz CT molecular complexity index is 1510. The highest BCUT2D eigenvalue weighted by Gasteiger charge is 2.37. The van der Waals surface area contributed by atoms with E-state index in [1.807, 2.05) is 37.3 Å². The molecule has 0 aliphatic carbocycles. The maximum atomic E-state index is 14.0. The molecule has 0 spiro atoms. The summed E-state index contributed by atoms with van der Waals surface area (Å²) in [4.78, 5) is 24.6. The third-order valence-corrected chi connectivity index (χ3v) is 10.7. The van der Waals surface area contributed by atoms with E-state index < -0.39 is 15.9 Å². The Morgan fingerprint density at radius 2 is 2.11 bits per heavy atom. The summed E-state index contributed by atoms with van der Waals surface area (Å²) in [6.45, 7) is 3.25. The highest BCUT2D eigenvalue weighted by atomic mass is 35.5. The fourth-order valence-electron chi connectivity index (χ4n) is 4.32. The molecular weight excluding hydrogens is 552 g/mol. The first-order valence-electron chi connectivity index (χ1n) is 11.8. The van der Waals surface area contributed by atoms with Crippen molar-refractivity contribution in [3.05, 3.63) is 64.8 Å². The van der Waals surface area contributed by atoms with Gasteiger partial charge in [-0.05, 0) is 61.7 Å². The number of amides is 1. The van der Waals surface area contributed by atoms with Crippen molar-refractivity contribution in [2.24, 2.45) is 5.92 Å². The van der Waals surface area contributed by atoms with Crippen LogP contribution < -0.4 is 9.64 Å². The smallest absolute Gasteiger partial charge is 0.252 e. The van der Waals surface area contributed by atoms with Gasteiger partial charge in [0.2, 0.25) is 5.91 Å². The number of ether oxygens (including phenoxy) is 1. The predicted octanol–water partition coefficient (Wildman–Crippen LogP) is 5.44. The van der Waals surface area contributed by atoms with Gasteiger partial charge in [0.1, 0.15) is 9.96 Å². The zero-order valence-electron chi connectivity index (χ0n) is 20.0. The molecule has 1 atom stereocenters. The Kier molecular flexibility index (Phi) is 7.77. The van der Waals surface area contributed by atoms with Crippen LogP contribution >= 0.6 is 34.3 Å². The van der Waals surface area contributed by atoms with Crippen molar-refractivity contribution in [1.82, 2.24) is 14.3 Å². The molecule has 4 aromatic rings. The van der Waals surface area contributed by atoms with Crippen molar-refractivity contribution in [2.75, 3.05) is 24.6 Å². The number of hydrogen-bond donors (Lipinski definition) is 0. The number of aromatic nitrogens is 2. The normalized spacial score (nSPS) is 16.6. The molecule has 1 aromatic carbocycles. The largest absolute Gasteiger partial charge is 0.494 e. The lowest BCUT2D eigenvalue weighted by Crippen LogP contribution is -2.46. The molecule has 12 heteroatoms. The molecule has 3 aromatic heterocycles. The van der Waals surface area contributed by atoms with Gasteiger partial charge < -0.3 is 4.74 Å². The van der Waals surface area contributed by atoms with Crippen LogP contribution in [-0.2, 0) is 21.4 Å². The summed E-state index contributed by atoms with van der Waals surface area (Å²) < 4.78 is 35.0. The SMILES string of the molecule is CCOc1ccc2nc(N(Cc3cccnc3)C(=O)C3CCCN(S(=O)(=O)c4ccc(Cl)s4)C3)sc2c1. The minimum absolute atomic E-state index is 0.111. The Hall–Kier alpha value is -2.57. The predicted molar refractivity (Wildman–Crippen MR) is 147 cm³/mol. The molecule has 0 bridgehead atoms. The van der Waals surface area contributed by atoms with Crippen LogP contribution in [0.4, 0.5) is 5.13 Å². The van der Waals surface area contributed by atoms with Crippen molar-refractivity contribution in [3.63, 3.8) is 0 Å². The van der Waals surface area contributed by atoms with E-state index in [0.29, 0.717) is 35.5 Å². The van der Waals surface area contributed by atoms with Gasteiger partial charge in [0.05, 0.1) is 33.6 Å². The van der Waals surface area contributed by atoms with Crippen LogP contribution in [0.2, 0.25) is 4.34 Å². The van der Waals surface area contributed by atoms with E-state index in [-0.39, 0.29) is 23.2 Å². The van der Waals surface area contributed by atoms with Crippen molar-refractivity contribution < 1.29 is 17.9 Å². The van der Waals surface area contributed by atoms with Crippen LogP contribution in [0.3, 0.4) is 0 Å². The molecule has 0 saturated carbocycles. The summed E-state index contributed by atoms with van der Waals surface area (Å²) in [6.07, 6.45) is 4.59. The molecule has 1 unspecified atom stereocenters. The fraction of sp³-hybridized carbons (Fsp3) is 0.320. The van der Waals surface area contributed by atoms with Gasteiger partial charge >= 0.3 is 0 Å². The van der Waals surface area contributed by atoms with E-state index in [2.05, 4.69) is 4.98 Å². The van der Waals surface area contributed by atoms with E-state index in [4.69, 9.17) is 21.3 Å². The number of rotatable bonds is 8. The summed E-state index contributed by atoms with van der Waals surface area (Å²) in [6, 6.07) is 12.5. The molecule has 0 radical (unpaired) electrons. The monoisotopic (exact) mass is 576 g/mol. The molecule has 1 aliphatic heterocycles. The fourth-order valence-corrected chi connectivity index (χ4v) is 8.48. The molecule has 0 N–H and O–H groups in total. The number of halogens is 1. The lowest BCUT2D eigenvalue weighted by atomic mass is 9.98. The number of carbonyl (C=O) groups is 1. The minimum Gasteiger partial charge on any atom is -0.494 e. The van der Waals surface area contributed by atoms with Crippen LogP contribution in [0.1, 0.15) is 25.3 Å². The molecule has 1 aliphatic rings. The zero-order valence-corrected chi connectivity index (χ0v) is 23.2. The van der Waals surface area contributed by atoms with Crippen LogP contribution in [0, 0.1) is 5.92 Å². The van der Waals surface area contributed by atoms with E-state index in [1.165, 1.54) is 21.7 Å². The third-order valence-electron chi connectivity index (χ3n) is 6.10. The second-order valence-electron chi connectivity index (χ2n) is 8.61. The van der Waals surface area contributed by atoms with Gasteiger partial charge in [-0.2, -0.15) is 4.31 Å². The Labute approximate surface area is 228 Å². The molecule has 1 amide bonds. The number of anilines is 1. The topological polar surface area (TPSA) is 92.7 Å². The van der Waals surface area contributed by atoms with Gasteiger partial charge in [0, 0.05) is 25.5 Å². The molecule has 8 nitrogen and oxygen atoms in total. The Morgan fingerprint density at radius 1 is 1.24 bits per heavy atom. The summed E-state index contributed by atoms with van der Waals surface area (Å²) in [7, 11) is -3.73. The second-order valence-corrected chi connectivity index (χ2v) is 13.5. The van der Waals surface area contributed by atoms with E-state index in [9.17, 15) is 13.2 Å². The molecule has 1 saturated heterocycles. The molecule has 1 fully saturated rings. The van der Waals surface area contributed by atoms with Crippen molar-refractivity contribution in [3.8, 4) is 5.75 Å². The number of piperidine rings is 1. The summed E-state index contributed by atoms with van der Waals surface area (Å²) >= 11 is 8.42. The summed E-state index contributed by atoms with van der Waals surface area (Å²) in [5.41, 5.74) is 1.63. The van der Waals surface area contributed by atoms with E-state index >= 15 is 0 Å². The first-order chi connectivity index (χ1) is 17.8. The number of pyridine rings is 1. The summed E-state index contributed by atoms with van der Waals surface area (Å²) in [5, 5.41) is 0.558. The van der Waals surface area contributed by atoms with Gasteiger partial charge in [-0.25, -0.2) is 13.4 Å². The number of carbonyl (C=O) groups excluding carboxylic acids is 1. The minimum atomic E-state index is -3.73. The second kappa shape index (κ2) is 11.0. The van der Waals surface area contributed by atoms with Crippen LogP contribution in [-0.4, -0.2) is 48.3 Å². The third kappa shape index (κ3) is 5.65. The van der Waals surface area contributed by atoms with Gasteiger partial charge in [-0.1, -0.05) is 29.0 Å². The number of thiophene rings is 1. The van der Waals surface area contributed by atoms with Gasteiger partial charge in [0.25, 0.3) is 10.0 Å². The highest BCUT2D eigenvalue weighted by Crippen LogP contribution is 2.35. The standard InChI is InChI=1S/C25H25ClN4O4S3/c1-2-34-19-7-8-20-21(13-19)35-25(28-20)30(15-17-5-3-11-27-14-17)24(31)18-6-4-12-29(16-18)37(32,33)23-10-9-22(26)36-23/h3,5,7-11,13-14,18H,2,4,6,12,15-16H2,1H3. The molecule has 37 heavy (non-hydrogen) atoms. The van der Waals surface area contributed by atoms with Crippen LogP contribution in [0.25, 0.3) is 10.2 Å². The Morgan fingerprint density at radius 3 is 2.84 bits per heavy atom. The zero-order chi connectivity index (χ0) is 26.0. The van der Waals surface area contributed by atoms with Crippen molar-refractivity contribution >= 4 is 65.6 Å². The lowest BCUT2D eigenvalue weighted by Gasteiger charge is -2.33. The number of fused-ring (bicyclic) bond motifs is 1. The van der Waals surface area contributed by atoms with E-state index in [0.717, 1.165) is 32.9 Å². The van der Waals surface area contributed by atoms with Crippen LogP contribution in [0.5, 0.6) is 5.75 Å². The molecule has 4 heterocycles. The lowest BCUT2D eigenvalue weighted by molar-refractivity contribution is -0.123. The van der Waals surface area contributed by atoms with Crippen molar-refractivity contribution in [2.45, 2.75) is 30.5 Å². The number of nitrogens with zero attached hydrogens (tertiary/aromatic N) is 4. The average molecular weight is 577 g/mol. The number of benzene rings is 1.